The van der Waals surface area contributed by atoms with Crippen molar-refractivity contribution in [1.29, 1.82) is 0 Å². The molecule has 2 unspecified atom stereocenters. The maximum atomic E-state index is 3.72. The van der Waals surface area contributed by atoms with E-state index in [4.69, 9.17) is 0 Å². The molecule has 0 amide bonds. The van der Waals surface area contributed by atoms with Crippen LogP contribution < -0.4 is 5.32 Å². The Labute approximate surface area is 99.8 Å². The largest absolute Gasteiger partial charge is 0.314 e. The van der Waals surface area contributed by atoms with Crippen molar-refractivity contribution in [3.8, 4) is 0 Å². The normalized spacial score (nSPS) is 26.0. The van der Waals surface area contributed by atoms with Gasteiger partial charge in [0, 0.05) is 6.04 Å². The molecule has 0 spiro atoms. The molecule has 1 N–H and O–H groups in total. The summed E-state index contributed by atoms with van der Waals surface area (Å²) in [5, 5.41) is 3.72. The predicted molar refractivity (Wildman–Crippen MR) is 71.7 cm³/mol. The number of hydrogen-bond acceptors (Lipinski definition) is 2. The Hall–Kier alpha value is 0.310. The van der Waals surface area contributed by atoms with Gasteiger partial charge < -0.3 is 5.32 Å². The molecule has 0 aromatic rings. The minimum atomic E-state index is 0.844. The zero-order chi connectivity index (χ0) is 10.9. The molecule has 0 bridgehead atoms. The van der Waals surface area contributed by atoms with Crippen LogP contribution in [0.25, 0.3) is 0 Å². The van der Waals surface area contributed by atoms with Gasteiger partial charge in [-0.3, -0.25) is 0 Å². The van der Waals surface area contributed by atoms with E-state index in [1.54, 1.807) is 0 Å². The van der Waals surface area contributed by atoms with Gasteiger partial charge in [0.25, 0.3) is 0 Å². The summed E-state index contributed by atoms with van der Waals surface area (Å²) in [7, 11) is 0. The summed E-state index contributed by atoms with van der Waals surface area (Å²) in [5.41, 5.74) is 0. The van der Waals surface area contributed by atoms with Gasteiger partial charge in [0.15, 0.2) is 0 Å². The summed E-state index contributed by atoms with van der Waals surface area (Å²) in [6.07, 6.45) is 8.49. The molecule has 1 aliphatic rings. The van der Waals surface area contributed by atoms with E-state index in [9.17, 15) is 0 Å². The lowest BCUT2D eigenvalue weighted by Gasteiger charge is -2.20. The molecule has 0 aromatic carbocycles. The highest BCUT2D eigenvalue weighted by molar-refractivity contribution is 7.99. The second kappa shape index (κ2) is 8.46. The molecule has 15 heavy (non-hydrogen) atoms. The standard InChI is InChI=1S/C13H27NS/c1-3-10-14-13-9-5-7-12(13)8-6-11-15-4-2/h12-14H,3-11H2,1-2H3. The Bertz CT molecular complexity index is 149. The summed E-state index contributed by atoms with van der Waals surface area (Å²) < 4.78 is 0. The van der Waals surface area contributed by atoms with Gasteiger partial charge in [0.1, 0.15) is 0 Å². The molecule has 1 aliphatic carbocycles. The van der Waals surface area contributed by atoms with Crippen LogP contribution in [0.3, 0.4) is 0 Å². The van der Waals surface area contributed by atoms with Crippen molar-refractivity contribution in [3.05, 3.63) is 0 Å². The van der Waals surface area contributed by atoms with Crippen molar-refractivity contribution in [2.45, 2.75) is 58.4 Å². The maximum absolute atomic E-state index is 3.72. The van der Waals surface area contributed by atoms with Crippen LogP contribution in [0.1, 0.15) is 52.4 Å². The predicted octanol–water partition coefficient (Wildman–Crippen LogP) is 3.69. The fourth-order valence-corrected chi connectivity index (χ4v) is 3.23. The van der Waals surface area contributed by atoms with Gasteiger partial charge in [-0.05, 0) is 56.1 Å². The molecule has 0 aromatic heterocycles. The van der Waals surface area contributed by atoms with Crippen molar-refractivity contribution in [2.75, 3.05) is 18.1 Å². The second-order valence-electron chi connectivity index (χ2n) is 4.59. The van der Waals surface area contributed by atoms with E-state index >= 15 is 0 Å². The Morgan fingerprint density at radius 3 is 2.87 bits per heavy atom. The molecular weight excluding hydrogens is 202 g/mol. The lowest BCUT2D eigenvalue weighted by atomic mass is 9.98. The fraction of sp³-hybridized carbons (Fsp3) is 1.00. The minimum absolute atomic E-state index is 0.844. The van der Waals surface area contributed by atoms with E-state index in [-0.39, 0.29) is 0 Å². The summed E-state index contributed by atoms with van der Waals surface area (Å²) in [4.78, 5) is 0. The van der Waals surface area contributed by atoms with E-state index in [1.165, 1.54) is 56.6 Å². The Balaban J connectivity index is 2.09. The molecule has 1 rings (SSSR count). The quantitative estimate of drug-likeness (QED) is 0.637. The smallest absolute Gasteiger partial charge is 0.00953 e. The van der Waals surface area contributed by atoms with Crippen molar-refractivity contribution in [2.24, 2.45) is 5.92 Å². The Morgan fingerprint density at radius 2 is 2.13 bits per heavy atom. The first-order chi connectivity index (χ1) is 7.38. The summed E-state index contributed by atoms with van der Waals surface area (Å²) >= 11 is 2.09. The van der Waals surface area contributed by atoms with Gasteiger partial charge in [-0.25, -0.2) is 0 Å². The van der Waals surface area contributed by atoms with Crippen molar-refractivity contribution in [3.63, 3.8) is 0 Å². The van der Waals surface area contributed by atoms with Crippen LogP contribution in [0.15, 0.2) is 0 Å². The molecule has 0 aliphatic heterocycles. The van der Waals surface area contributed by atoms with Gasteiger partial charge in [-0.2, -0.15) is 11.8 Å². The number of hydrogen-bond donors (Lipinski definition) is 1. The topological polar surface area (TPSA) is 12.0 Å². The first-order valence-corrected chi connectivity index (χ1v) is 7.85. The van der Waals surface area contributed by atoms with E-state index in [0.717, 1.165) is 12.0 Å². The first kappa shape index (κ1) is 13.4. The van der Waals surface area contributed by atoms with E-state index < -0.39 is 0 Å². The van der Waals surface area contributed by atoms with E-state index in [2.05, 4.69) is 30.9 Å². The van der Waals surface area contributed by atoms with Crippen LogP contribution in [0, 0.1) is 5.92 Å². The van der Waals surface area contributed by atoms with Gasteiger partial charge in [-0.15, -0.1) is 0 Å². The van der Waals surface area contributed by atoms with Crippen LogP contribution in [0.4, 0.5) is 0 Å². The van der Waals surface area contributed by atoms with Crippen LogP contribution in [0.2, 0.25) is 0 Å². The molecule has 0 heterocycles. The number of thioether (sulfide) groups is 1. The van der Waals surface area contributed by atoms with Crippen molar-refractivity contribution < 1.29 is 0 Å². The molecule has 1 nitrogen and oxygen atoms in total. The molecule has 1 fully saturated rings. The van der Waals surface area contributed by atoms with Crippen LogP contribution >= 0.6 is 11.8 Å². The zero-order valence-corrected chi connectivity index (χ0v) is 11.2. The summed E-state index contributed by atoms with van der Waals surface area (Å²) in [5.74, 6) is 3.63. The molecule has 1 saturated carbocycles. The highest BCUT2D eigenvalue weighted by Gasteiger charge is 2.25. The lowest BCUT2D eigenvalue weighted by molar-refractivity contribution is 0.378. The van der Waals surface area contributed by atoms with Crippen LogP contribution in [-0.2, 0) is 0 Å². The molecule has 90 valence electrons. The van der Waals surface area contributed by atoms with Crippen molar-refractivity contribution in [1.82, 2.24) is 5.32 Å². The molecule has 2 atom stereocenters. The third-order valence-electron chi connectivity index (χ3n) is 3.38. The number of nitrogens with one attached hydrogen (secondary N) is 1. The Morgan fingerprint density at radius 1 is 1.27 bits per heavy atom. The van der Waals surface area contributed by atoms with E-state index in [1.807, 2.05) is 0 Å². The summed E-state index contributed by atoms with van der Waals surface area (Å²) in [6, 6.07) is 0.844. The first-order valence-electron chi connectivity index (χ1n) is 6.69. The van der Waals surface area contributed by atoms with Gasteiger partial charge in [0.2, 0.25) is 0 Å². The van der Waals surface area contributed by atoms with Crippen molar-refractivity contribution >= 4 is 11.8 Å². The Kier molecular flexibility index (Phi) is 7.54. The van der Waals surface area contributed by atoms with Gasteiger partial charge in [0.05, 0.1) is 0 Å². The third kappa shape index (κ3) is 5.26. The SMILES string of the molecule is CCCNC1CCCC1CCCSCC. The lowest BCUT2D eigenvalue weighted by Crippen LogP contribution is -2.32. The second-order valence-corrected chi connectivity index (χ2v) is 5.98. The minimum Gasteiger partial charge on any atom is -0.314 e. The highest BCUT2D eigenvalue weighted by Crippen LogP contribution is 2.29. The molecule has 0 radical (unpaired) electrons. The van der Waals surface area contributed by atoms with Crippen LogP contribution in [-0.4, -0.2) is 24.1 Å². The van der Waals surface area contributed by atoms with Crippen LogP contribution in [0.5, 0.6) is 0 Å². The molecule has 0 saturated heterocycles. The van der Waals surface area contributed by atoms with Gasteiger partial charge in [-0.1, -0.05) is 20.3 Å². The fourth-order valence-electron chi connectivity index (χ4n) is 2.57. The average molecular weight is 229 g/mol. The third-order valence-corrected chi connectivity index (χ3v) is 4.37. The monoisotopic (exact) mass is 229 g/mol. The molecular formula is C13H27NS. The van der Waals surface area contributed by atoms with E-state index in [0.29, 0.717) is 0 Å². The van der Waals surface area contributed by atoms with Gasteiger partial charge >= 0.3 is 0 Å². The highest BCUT2D eigenvalue weighted by atomic mass is 32.2. The number of rotatable bonds is 8. The summed E-state index contributed by atoms with van der Waals surface area (Å²) in [6.45, 7) is 5.73. The zero-order valence-electron chi connectivity index (χ0n) is 10.4. The maximum Gasteiger partial charge on any atom is 0.00953 e. The molecule has 2 heteroatoms. The average Bonchev–Trinajstić information content (AvgIpc) is 2.69.